The zero-order valence-electron chi connectivity index (χ0n) is 19.3. The van der Waals surface area contributed by atoms with Gasteiger partial charge in [0.25, 0.3) is 0 Å². The number of amides is 1. The highest BCUT2D eigenvalue weighted by atomic mass is 32.1. The maximum atomic E-state index is 13.5. The molecule has 1 aromatic heterocycles. The van der Waals surface area contributed by atoms with Crippen LogP contribution in [0, 0.1) is 0 Å². The summed E-state index contributed by atoms with van der Waals surface area (Å²) < 4.78 is 37.9. The summed E-state index contributed by atoms with van der Waals surface area (Å²) in [6.07, 6.45) is 0. The first-order valence-electron chi connectivity index (χ1n) is 10.3. The molecular weight excluding hydrogens is 497 g/mol. The number of carbonyl (C=O) groups is 1. The molecular formula is C23H24NO9PS. The van der Waals surface area contributed by atoms with Gasteiger partial charge in [0.15, 0.2) is 23.0 Å². The standard InChI is InChI=1S/C23H24NO9PS/c1-29-15-8-7-13(10-16(15)33-34(26,27)28)21-20(19-6-5-9-35-19)23(25)24(21)14-11-17(30-2)22(32-4)18(12-14)31-3/h5-12,20-21H,1-4H3,(H2,26,27,28)/t20-,21-/m0/s1. The topological polar surface area (TPSA) is 124 Å². The summed E-state index contributed by atoms with van der Waals surface area (Å²) in [6.45, 7) is 0. The van der Waals surface area contributed by atoms with E-state index in [0.29, 0.717) is 28.5 Å². The highest BCUT2D eigenvalue weighted by Crippen LogP contribution is 2.54. The van der Waals surface area contributed by atoms with E-state index < -0.39 is 19.8 Å². The van der Waals surface area contributed by atoms with Crippen LogP contribution in [0.4, 0.5) is 5.69 Å². The lowest BCUT2D eigenvalue weighted by molar-refractivity contribution is -0.126. The van der Waals surface area contributed by atoms with Crippen LogP contribution in [0.2, 0.25) is 0 Å². The molecule has 4 rings (SSSR count). The van der Waals surface area contributed by atoms with Crippen molar-refractivity contribution in [1.29, 1.82) is 0 Å². The average molecular weight is 521 g/mol. The largest absolute Gasteiger partial charge is 0.524 e. The number of phosphoric acid groups is 1. The van der Waals surface area contributed by atoms with Crippen LogP contribution in [0.3, 0.4) is 0 Å². The lowest BCUT2D eigenvalue weighted by atomic mass is 9.80. The van der Waals surface area contributed by atoms with Gasteiger partial charge in [0, 0.05) is 17.0 Å². The number of thiophene rings is 1. The number of hydrogen-bond donors (Lipinski definition) is 2. The molecule has 1 aliphatic heterocycles. The Hall–Kier alpha value is -3.24. The van der Waals surface area contributed by atoms with Crippen molar-refractivity contribution in [3.05, 3.63) is 58.3 Å². The molecule has 35 heavy (non-hydrogen) atoms. The number of phosphoric ester groups is 1. The first-order valence-corrected chi connectivity index (χ1v) is 12.7. The second-order valence-corrected chi connectivity index (χ2v) is 9.66. The first kappa shape index (κ1) is 24.9. The number of nitrogens with zero attached hydrogens (tertiary/aromatic N) is 1. The van der Waals surface area contributed by atoms with Crippen LogP contribution < -0.4 is 28.4 Å². The van der Waals surface area contributed by atoms with Crippen LogP contribution in [-0.4, -0.2) is 44.1 Å². The molecule has 3 aromatic rings. The van der Waals surface area contributed by atoms with Gasteiger partial charge in [-0.2, -0.15) is 0 Å². The predicted molar refractivity (Wildman–Crippen MR) is 129 cm³/mol. The van der Waals surface area contributed by atoms with E-state index >= 15 is 0 Å². The Balaban J connectivity index is 1.85. The number of carbonyl (C=O) groups excluding carboxylic acids is 1. The Morgan fingerprint density at radius 1 is 0.886 bits per heavy atom. The maximum absolute atomic E-state index is 13.5. The van der Waals surface area contributed by atoms with Crippen molar-refractivity contribution >= 4 is 30.8 Å². The van der Waals surface area contributed by atoms with Crippen molar-refractivity contribution in [2.45, 2.75) is 12.0 Å². The van der Waals surface area contributed by atoms with E-state index in [1.807, 2.05) is 17.5 Å². The van der Waals surface area contributed by atoms with Crippen molar-refractivity contribution in [1.82, 2.24) is 0 Å². The molecule has 2 aromatic carbocycles. The van der Waals surface area contributed by atoms with Gasteiger partial charge < -0.3 is 28.4 Å². The van der Waals surface area contributed by atoms with Crippen LogP contribution in [-0.2, 0) is 9.36 Å². The maximum Gasteiger partial charge on any atom is 0.524 e. The van der Waals surface area contributed by atoms with Crippen LogP contribution in [0.5, 0.6) is 28.7 Å². The van der Waals surface area contributed by atoms with Gasteiger partial charge in [0.2, 0.25) is 11.7 Å². The second-order valence-electron chi connectivity index (χ2n) is 7.52. The molecule has 186 valence electrons. The van der Waals surface area contributed by atoms with E-state index in [0.717, 1.165) is 4.88 Å². The highest BCUT2D eigenvalue weighted by Gasteiger charge is 2.50. The van der Waals surface area contributed by atoms with Crippen molar-refractivity contribution in [2.24, 2.45) is 0 Å². The van der Waals surface area contributed by atoms with Crippen molar-refractivity contribution in [3.63, 3.8) is 0 Å². The minimum atomic E-state index is -4.85. The number of hydrogen-bond acceptors (Lipinski definition) is 8. The summed E-state index contributed by atoms with van der Waals surface area (Å²) in [5.74, 6) is 0.508. The summed E-state index contributed by atoms with van der Waals surface area (Å²) in [5.41, 5.74) is 1.11. The lowest BCUT2D eigenvalue weighted by Gasteiger charge is -2.47. The third-order valence-electron chi connectivity index (χ3n) is 5.62. The van der Waals surface area contributed by atoms with E-state index in [9.17, 15) is 19.1 Å². The fourth-order valence-electron chi connectivity index (χ4n) is 4.15. The summed E-state index contributed by atoms with van der Waals surface area (Å²) in [5, 5.41) is 1.89. The monoisotopic (exact) mass is 521 g/mol. The highest BCUT2D eigenvalue weighted by molar-refractivity contribution is 7.46. The number of ether oxygens (including phenoxy) is 4. The van der Waals surface area contributed by atoms with E-state index in [-0.39, 0.29) is 17.4 Å². The van der Waals surface area contributed by atoms with Gasteiger partial charge in [0.1, 0.15) is 0 Å². The quantitative estimate of drug-likeness (QED) is 0.316. The van der Waals surface area contributed by atoms with Gasteiger partial charge >= 0.3 is 7.82 Å². The minimum absolute atomic E-state index is 0.132. The van der Waals surface area contributed by atoms with E-state index in [4.69, 9.17) is 23.5 Å². The Kier molecular flexibility index (Phi) is 6.95. The molecule has 0 unspecified atom stereocenters. The molecule has 0 bridgehead atoms. The lowest BCUT2D eigenvalue weighted by Crippen LogP contribution is -2.53. The Labute approximate surface area is 205 Å². The number of β-lactam (4-membered cyclic amide) rings is 1. The van der Waals surface area contributed by atoms with Crippen molar-refractivity contribution < 1.29 is 42.6 Å². The first-order chi connectivity index (χ1) is 16.7. The SMILES string of the molecule is COc1ccc([C@H]2[C@H](c3cccs3)C(=O)N2c2cc(OC)c(OC)c(OC)c2)cc1OP(=O)(O)O. The summed E-state index contributed by atoms with van der Waals surface area (Å²) >= 11 is 1.45. The molecule has 2 heterocycles. The van der Waals surface area contributed by atoms with Crippen LogP contribution in [0.25, 0.3) is 0 Å². The molecule has 0 saturated carbocycles. The third kappa shape index (κ3) is 4.68. The zero-order chi connectivity index (χ0) is 25.3. The van der Waals surface area contributed by atoms with E-state index in [1.165, 1.54) is 45.8 Å². The molecule has 0 radical (unpaired) electrons. The second kappa shape index (κ2) is 9.79. The molecule has 12 heteroatoms. The molecule has 0 aliphatic carbocycles. The number of benzene rings is 2. The average Bonchev–Trinajstić information content (AvgIpc) is 3.34. The van der Waals surface area contributed by atoms with Gasteiger partial charge in [-0.05, 0) is 29.1 Å². The van der Waals surface area contributed by atoms with Crippen LogP contribution in [0.1, 0.15) is 22.4 Å². The molecule has 2 atom stereocenters. The molecule has 1 amide bonds. The van der Waals surface area contributed by atoms with Gasteiger partial charge in [-0.15, -0.1) is 11.3 Å². The number of methoxy groups -OCH3 is 4. The normalized spacial score (nSPS) is 17.5. The van der Waals surface area contributed by atoms with Gasteiger partial charge in [-0.1, -0.05) is 12.1 Å². The molecule has 1 fully saturated rings. The Bertz CT molecular complexity index is 1250. The molecule has 0 spiro atoms. The predicted octanol–water partition coefficient (Wildman–Crippen LogP) is 4.13. The Morgan fingerprint density at radius 2 is 1.54 bits per heavy atom. The molecule has 1 saturated heterocycles. The summed E-state index contributed by atoms with van der Waals surface area (Å²) in [4.78, 5) is 34.6. The van der Waals surface area contributed by atoms with Crippen LogP contribution >= 0.6 is 19.2 Å². The zero-order valence-corrected chi connectivity index (χ0v) is 21.0. The van der Waals surface area contributed by atoms with Gasteiger partial charge in [-0.3, -0.25) is 14.6 Å². The smallest absolute Gasteiger partial charge is 0.493 e. The minimum Gasteiger partial charge on any atom is -0.493 e. The van der Waals surface area contributed by atoms with Crippen molar-refractivity contribution in [3.8, 4) is 28.7 Å². The number of rotatable bonds is 9. The van der Waals surface area contributed by atoms with E-state index in [2.05, 4.69) is 0 Å². The molecule has 10 nitrogen and oxygen atoms in total. The third-order valence-corrected chi connectivity index (χ3v) is 7.01. The molecule has 1 aliphatic rings. The fraction of sp³-hybridized carbons (Fsp3) is 0.261. The van der Waals surface area contributed by atoms with Gasteiger partial charge in [-0.25, -0.2) is 4.57 Å². The Morgan fingerprint density at radius 3 is 2.06 bits per heavy atom. The summed E-state index contributed by atoms with van der Waals surface area (Å²) in [7, 11) is 0.976. The van der Waals surface area contributed by atoms with E-state index in [1.54, 1.807) is 29.2 Å². The fourth-order valence-corrected chi connectivity index (χ4v) is 5.39. The molecule has 2 N–H and O–H groups in total. The van der Waals surface area contributed by atoms with Crippen molar-refractivity contribution in [2.75, 3.05) is 33.3 Å². The number of anilines is 1. The van der Waals surface area contributed by atoms with Crippen LogP contribution in [0.15, 0.2) is 47.8 Å². The van der Waals surface area contributed by atoms with Gasteiger partial charge in [0.05, 0.1) is 46.1 Å². The summed E-state index contributed by atoms with van der Waals surface area (Å²) in [6, 6.07) is 11.3.